The van der Waals surface area contributed by atoms with Crippen molar-refractivity contribution in [1.29, 1.82) is 0 Å². The van der Waals surface area contributed by atoms with Crippen LogP contribution < -0.4 is 5.32 Å². The summed E-state index contributed by atoms with van der Waals surface area (Å²) in [7, 11) is 0. The van der Waals surface area contributed by atoms with Gasteiger partial charge in [0.05, 0.1) is 12.2 Å². The monoisotopic (exact) mass is 235 g/mol. The highest BCUT2D eigenvalue weighted by Crippen LogP contribution is 2.44. The summed E-state index contributed by atoms with van der Waals surface area (Å²) < 4.78 is 0. The zero-order valence-corrected chi connectivity index (χ0v) is 9.86. The number of hydrogen-bond donors (Lipinski definition) is 3. The van der Waals surface area contributed by atoms with E-state index in [1.165, 1.54) is 6.07 Å². The molecule has 1 aliphatic rings. The quantitative estimate of drug-likeness (QED) is 0.734. The number of carbonyl (C=O) groups is 1. The maximum Gasteiger partial charge on any atom is 0.255 e. The zero-order chi connectivity index (χ0) is 12.5. The van der Waals surface area contributed by atoms with Crippen molar-refractivity contribution in [2.45, 2.75) is 19.8 Å². The molecule has 1 aromatic carbocycles. The van der Waals surface area contributed by atoms with Gasteiger partial charge in [-0.3, -0.25) is 4.79 Å². The normalized spacial score (nSPS) is 16.6. The van der Waals surface area contributed by atoms with Gasteiger partial charge in [-0.1, -0.05) is 11.6 Å². The van der Waals surface area contributed by atoms with E-state index in [2.05, 4.69) is 5.32 Å². The first-order valence-electron chi connectivity index (χ1n) is 5.75. The Hall–Kier alpha value is -1.55. The molecule has 0 spiro atoms. The lowest BCUT2D eigenvalue weighted by Crippen LogP contribution is -2.31. The van der Waals surface area contributed by atoms with Crippen LogP contribution in [0.15, 0.2) is 18.2 Å². The SMILES string of the molecule is Cc1ccc(O)c(C(=O)NCC2(CO)CC2)c1. The Balaban J connectivity index is 2.02. The number of carbonyl (C=O) groups excluding carboxylic acids is 1. The molecule has 4 heteroatoms. The Labute approximate surface area is 100 Å². The number of aliphatic hydroxyl groups is 1. The number of aromatic hydroxyl groups is 1. The zero-order valence-electron chi connectivity index (χ0n) is 9.86. The maximum atomic E-state index is 11.9. The second-order valence-electron chi connectivity index (χ2n) is 4.86. The van der Waals surface area contributed by atoms with Crippen LogP contribution in [0.5, 0.6) is 5.75 Å². The Morgan fingerprint density at radius 1 is 1.47 bits per heavy atom. The molecule has 92 valence electrons. The Morgan fingerprint density at radius 2 is 2.18 bits per heavy atom. The minimum Gasteiger partial charge on any atom is -0.507 e. The van der Waals surface area contributed by atoms with Crippen molar-refractivity contribution in [1.82, 2.24) is 5.32 Å². The molecule has 0 heterocycles. The lowest BCUT2D eigenvalue weighted by atomic mass is 10.1. The van der Waals surface area contributed by atoms with Gasteiger partial charge in [-0.2, -0.15) is 0 Å². The van der Waals surface area contributed by atoms with Crippen molar-refractivity contribution in [3.8, 4) is 5.75 Å². The fourth-order valence-electron chi connectivity index (χ4n) is 1.76. The number of amides is 1. The predicted octanol–water partition coefficient (Wildman–Crippen LogP) is 1.20. The van der Waals surface area contributed by atoms with Crippen LogP contribution in [0.25, 0.3) is 0 Å². The molecule has 0 bridgehead atoms. The van der Waals surface area contributed by atoms with Crippen molar-refractivity contribution in [2.75, 3.05) is 13.2 Å². The van der Waals surface area contributed by atoms with Crippen molar-refractivity contribution in [3.63, 3.8) is 0 Å². The fourth-order valence-corrected chi connectivity index (χ4v) is 1.76. The molecule has 1 amide bonds. The number of phenolic OH excluding ortho intramolecular Hbond substituents is 1. The molecule has 2 rings (SSSR count). The molecule has 0 aliphatic heterocycles. The molecule has 1 aliphatic carbocycles. The second kappa shape index (κ2) is 4.37. The first-order chi connectivity index (χ1) is 8.06. The van der Waals surface area contributed by atoms with Gasteiger partial charge < -0.3 is 15.5 Å². The molecule has 17 heavy (non-hydrogen) atoms. The summed E-state index contributed by atoms with van der Waals surface area (Å²) >= 11 is 0. The number of phenols is 1. The number of aryl methyl sites for hydroxylation is 1. The van der Waals surface area contributed by atoms with E-state index < -0.39 is 0 Å². The molecular formula is C13H17NO3. The highest BCUT2D eigenvalue weighted by atomic mass is 16.3. The van der Waals surface area contributed by atoms with E-state index in [0.29, 0.717) is 12.1 Å². The third-order valence-electron chi connectivity index (χ3n) is 3.31. The standard InChI is InChI=1S/C13H17NO3/c1-9-2-3-11(16)10(6-9)12(17)14-7-13(8-15)4-5-13/h2-3,6,15-16H,4-5,7-8H2,1H3,(H,14,17). The molecule has 0 atom stereocenters. The van der Waals surface area contributed by atoms with E-state index in [-0.39, 0.29) is 23.7 Å². The maximum absolute atomic E-state index is 11.9. The number of aliphatic hydroxyl groups excluding tert-OH is 1. The molecule has 1 fully saturated rings. The third-order valence-corrected chi connectivity index (χ3v) is 3.31. The first-order valence-corrected chi connectivity index (χ1v) is 5.75. The number of rotatable bonds is 4. The summed E-state index contributed by atoms with van der Waals surface area (Å²) in [6.07, 6.45) is 1.90. The Kier molecular flexibility index (Phi) is 3.07. The molecule has 0 radical (unpaired) electrons. The minimum absolute atomic E-state index is 0.0121. The fraction of sp³-hybridized carbons (Fsp3) is 0.462. The summed E-state index contributed by atoms with van der Waals surface area (Å²) in [5.41, 5.74) is 1.10. The van der Waals surface area contributed by atoms with Crippen LogP contribution in [-0.4, -0.2) is 29.3 Å². The molecule has 0 aromatic heterocycles. The summed E-state index contributed by atoms with van der Waals surface area (Å²) in [5.74, 6) is -0.298. The average Bonchev–Trinajstić information content (AvgIpc) is 3.10. The van der Waals surface area contributed by atoms with Gasteiger partial charge in [-0.25, -0.2) is 0 Å². The van der Waals surface area contributed by atoms with Crippen molar-refractivity contribution in [2.24, 2.45) is 5.41 Å². The van der Waals surface area contributed by atoms with E-state index in [4.69, 9.17) is 5.11 Å². The smallest absolute Gasteiger partial charge is 0.255 e. The van der Waals surface area contributed by atoms with E-state index in [1.54, 1.807) is 12.1 Å². The van der Waals surface area contributed by atoms with Gasteiger partial charge >= 0.3 is 0 Å². The van der Waals surface area contributed by atoms with Crippen LogP contribution in [-0.2, 0) is 0 Å². The molecule has 0 unspecified atom stereocenters. The summed E-state index contributed by atoms with van der Waals surface area (Å²) in [4.78, 5) is 11.9. The van der Waals surface area contributed by atoms with Gasteiger partial charge in [0.25, 0.3) is 5.91 Å². The Bertz CT molecular complexity index is 438. The van der Waals surface area contributed by atoms with Crippen LogP contribution in [0, 0.1) is 12.3 Å². The second-order valence-corrected chi connectivity index (χ2v) is 4.86. The van der Waals surface area contributed by atoms with Gasteiger partial charge in [0.2, 0.25) is 0 Å². The van der Waals surface area contributed by atoms with E-state index in [9.17, 15) is 9.90 Å². The van der Waals surface area contributed by atoms with E-state index in [1.807, 2.05) is 6.92 Å². The first kappa shape index (κ1) is 11.9. The van der Waals surface area contributed by atoms with Gasteiger partial charge in [0.15, 0.2) is 0 Å². The van der Waals surface area contributed by atoms with Crippen LogP contribution in [0.1, 0.15) is 28.8 Å². The van der Waals surface area contributed by atoms with Crippen molar-refractivity contribution < 1.29 is 15.0 Å². The summed E-state index contributed by atoms with van der Waals surface area (Å²) in [6, 6.07) is 4.93. The molecule has 4 nitrogen and oxygen atoms in total. The van der Waals surface area contributed by atoms with Gasteiger partial charge in [-0.05, 0) is 31.9 Å². The number of hydrogen-bond acceptors (Lipinski definition) is 3. The van der Waals surface area contributed by atoms with Crippen LogP contribution >= 0.6 is 0 Å². The molecule has 0 saturated heterocycles. The van der Waals surface area contributed by atoms with Crippen LogP contribution in [0.4, 0.5) is 0 Å². The minimum atomic E-state index is -0.286. The number of benzene rings is 1. The lowest BCUT2D eigenvalue weighted by molar-refractivity contribution is 0.0932. The molecule has 1 saturated carbocycles. The van der Waals surface area contributed by atoms with E-state index in [0.717, 1.165) is 18.4 Å². The molecular weight excluding hydrogens is 218 g/mol. The van der Waals surface area contributed by atoms with Crippen molar-refractivity contribution in [3.05, 3.63) is 29.3 Å². The topological polar surface area (TPSA) is 69.6 Å². The summed E-state index contributed by atoms with van der Waals surface area (Å²) in [6.45, 7) is 2.44. The molecule has 1 aromatic rings. The Morgan fingerprint density at radius 3 is 2.76 bits per heavy atom. The van der Waals surface area contributed by atoms with Gasteiger partial charge in [0.1, 0.15) is 5.75 Å². The predicted molar refractivity (Wildman–Crippen MR) is 63.9 cm³/mol. The average molecular weight is 235 g/mol. The third kappa shape index (κ3) is 2.58. The van der Waals surface area contributed by atoms with Crippen LogP contribution in [0.3, 0.4) is 0 Å². The van der Waals surface area contributed by atoms with Crippen molar-refractivity contribution >= 4 is 5.91 Å². The summed E-state index contributed by atoms with van der Waals surface area (Å²) in [5, 5.41) is 21.5. The number of nitrogens with one attached hydrogen (secondary N) is 1. The van der Waals surface area contributed by atoms with Gasteiger partial charge in [0, 0.05) is 12.0 Å². The van der Waals surface area contributed by atoms with Gasteiger partial charge in [-0.15, -0.1) is 0 Å². The highest BCUT2D eigenvalue weighted by molar-refractivity contribution is 5.97. The van der Waals surface area contributed by atoms with E-state index >= 15 is 0 Å². The van der Waals surface area contributed by atoms with Crippen LogP contribution in [0.2, 0.25) is 0 Å². The molecule has 3 N–H and O–H groups in total. The highest BCUT2D eigenvalue weighted by Gasteiger charge is 2.42. The largest absolute Gasteiger partial charge is 0.507 e. The lowest BCUT2D eigenvalue weighted by Gasteiger charge is -2.13.